The highest BCUT2D eigenvalue weighted by molar-refractivity contribution is 7.15. The Morgan fingerprint density at radius 3 is 2.69 bits per heavy atom. The van der Waals surface area contributed by atoms with Crippen molar-refractivity contribution in [3.05, 3.63) is 88.2 Å². The summed E-state index contributed by atoms with van der Waals surface area (Å²) in [5, 5.41) is 17.2. The second-order valence-electron chi connectivity index (χ2n) is 10.1. The van der Waals surface area contributed by atoms with E-state index >= 15 is 0 Å². The van der Waals surface area contributed by atoms with E-state index in [1.807, 2.05) is 53.5 Å². The number of carbonyl (C=O) groups is 1. The summed E-state index contributed by atoms with van der Waals surface area (Å²) in [5.74, 6) is -0.142. The molecule has 0 unspecified atom stereocenters. The van der Waals surface area contributed by atoms with Crippen LogP contribution in [0.4, 0.5) is 5.13 Å². The molecule has 39 heavy (non-hydrogen) atoms. The number of hydrogen-bond donors (Lipinski definition) is 1. The molecule has 0 bridgehead atoms. The van der Waals surface area contributed by atoms with E-state index in [-0.39, 0.29) is 5.91 Å². The van der Waals surface area contributed by atoms with Crippen molar-refractivity contribution in [3.63, 3.8) is 0 Å². The van der Waals surface area contributed by atoms with Crippen molar-refractivity contribution < 1.29 is 4.79 Å². The summed E-state index contributed by atoms with van der Waals surface area (Å²) in [6, 6.07) is 17.8. The molecule has 1 amide bonds. The lowest BCUT2D eigenvalue weighted by Gasteiger charge is -2.33. The molecule has 0 aliphatic heterocycles. The number of nitrogens with zero attached hydrogens (tertiary/aromatic N) is 5. The largest absolute Gasteiger partial charge is 0.300 e. The van der Waals surface area contributed by atoms with Crippen LogP contribution in [0.15, 0.2) is 60.9 Å². The molecule has 2 aromatic carbocycles. The standard InChI is InChI=1S/C31H34N6OS/c1-3-14-36(15-4-2)27-12-13-28-29(17-27)39-31(34-28)35-30(38)25-7-5-6-23(16-25)20-37-21-26(19-33-37)24-10-8-22(18-32)9-11-24/h5-11,16,19,21,27H,3-4,12-15,17,20H2,1-2H3,(H,34,35,38)/t27-/m0/s1. The van der Waals surface area contributed by atoms with Crippen LogP contribution in [-0.2, 0) is 19.4 Å². The van der Waals surface area contributed by atoms with Crippen LogP contribution in [0.5, 0.6) is 0 Å². The number of fused-ring (bicyclic) bond motifs is 1. The first-order valence-electron chi connectivity index (χ1n) is 13.7. The van der Waals surface area contributed by atoms with Gasteiger partial charge in [-0.25, -0.2) is 4.98 Å². The molecular formula is C31H34N6OS. The summed E-state index contributed by atoms with van der Waals surface area (Å²) in [5.41, 5.74) is 5.37. The number of aromatic nitrogens is 3. The number of aryl methyl sites for hydroxylation is 1. The van der Waals surface area contributed by atoms with Crippen molar-refractivity contribution in [2.24, 2.45) is 0 Å². The minimum absolute atomic E-state index is 0.142. The monoisotopic (exact) mass is 538 g/mol. The van der Waals surface area contributed by atoms with Crippen molar-refractivity contribution in [2.45, 2.75) is 58.5 Å². The second kappa shape index (κ2) is 12.4. The predicted octanol–water partition coefficient (Wildman–Crippen LogP) is 6.16. The van der Waals surface area contributed by atoms with Crippen molar-refractivity contribution in [1.29, 1.82) is 5.26 Å². The summed E-state index contributed by atoms with van der Waals surface area (Å²) in [4.78, 5) is 21.8. The van der Waals surface area contributed by atoms with Gasteiger partial charge < -0.3 is 4.90 Å². The normalized spacial score (nSPS) is 14.7. The number of nitriles is 1. The fourth-order valence-electron chi connectivity index (χ4n) is 5.28. The Morgan fingerprint density at radius 2 is 1.95 bits per heavy atom. The van der Waals surface area contributed by atoms with Gasteiger partial charge in [0.25, 0.3) is 5.91 Å². The lowest BCUT2D eigenvalue weighted by molar-refractivity contribution is 0.102. The molecule has 1 N–H and O–H groups in total. The molecule has 1 aliphatic carbocycles. The number of hydrogen-bond acceptors (Lipinski definition) is 6. The molecule has 8 heteroatoms. The van der Waals surface area contributed by atoms with E-state index in [4.69, 9.17) is 10.2 Å². The highest BCUT2D eigenvalue weighted by Gasteiger charge is 2.26. The van der Waals surface area contributed by atoms with Crippen LogP contribution in [0.2, 0.25) is 0 Å². The quantitative estimate of drug-likeness (QED) is 0.261. The van der Waals surface area contributed by atoms with E-state index in [0.717, 1.165) is 54.7 Å². The molecule has 0 saturated carbocycles. The molecular weight excluding hydrogens is 504 g/mol. The summed E-state index contributed by atoms with van der Waals surface area (Å²) in [7, 11) is 0. The van der Waals surface area contributed by atoms with Crippen molar-refractivity contribution in [1.82, 2.24) is 19.7 Å². The van der Waals surface area contributed by atoms with Gasteiger partial charge in [0, 0.05) is 28.2 Å². The third-order valence-corrected chi connectivity index (χ3v) is 8.22. The van der Waals surface area contributed by atoms with E-state index in [1.165, 1.54) is 17.7 Å². The van der Waals surface area contributed by atoms with E-state index in [9.17, 15) is 4.79 Å². The SMILES string of the molecule is CCCN(CCC)[C@H]1CCc2nc(NC(=O)c3cccc(Cn4cc(-c5ccc(C#N)cc5)cn4)c3)sc2C1. The number of nitrogens with one attached hydrogen (secondary N) is 1. The van der Waals surface area contributed by atoms with Gasteiger partial charge >= 0.3 is 0 Å². The van der Waals surface area contributed by atoms with Crippen LogP contribution < -0.4 is 5.32 Å². The number of amides is 1. The zero-order valence-electron chi connectivity index (χ0n) is 22.6. The zero-order chi connectivity index (χ0) is 27.2. The first-order valence-corrected chi connectivity index (χ1v) is 14.5. The molecule has 1 aliphatic rings. The van der Waals surface area contributed by atoms with Gasteiger partial charge in [0.05, 0.1) is 30.1 Å². The van der Waals surface area contributed by atoms with Gasteiger partial charge in [-0.1, -0.05) is 38.1 Å². The van der Waals surface area contributed by atoms with Gasteiger partial charge in [-0.15, -0.1) is 11.3 Å². The first kappa shape index (κ1) is 26.8. The van der Waals surface area contributed by atoms with Gasteiger partial charge in [-0.3, -0.25) is 14.8 Å². The first-order chi connectivity index (χ1) is 19.1. The summed E-state index contributed by atoms with van der Waals surface area (Å²) in [6.45, 7) is 7.33. The Labute approximate surface area is 234 Å². The molecule has 2 aromatic heterocycles. The lowest BCUT2D eigenvalue weighted by Crippen LogP contribution is -2.40. The summed E-state index contributed by atoms with van der Waals surface area (Å²) >= 11 is 1.62. The van der Waals surface area contributed by atoms with Gasteiger partial charge in [0.15, 0.2) is 5.13 Å². The van der Waals surface area contributed by atoms with Crippen LogP contribution in [0.25, 0.3) is 11.1 Å². The number of rotatable bonds is 10. The van der Waals surface area contributed by atoms with E-state index < -0.39 is 0 Å². The molecule has 1 atom stereocenters. The van der Waals surface area contributed by atoms with Crippen molar-refractivity contribution >= 4 is 22.4 Å². The maximum absolute atomic E-state index is 13.1. The maximum Gasteiger partial charge on any atom is 0.257 e. The number of carbonyl (C=O) groups excluding carboxylic acids is 1. The number of benzene rings is 2. The van der Waals surface area contributed by atoms with E-state index in [1.54, 1.807) is 23.5 Å². The molecule has 200 valence electrons. The molecule has 2 heterocycles. The minimum atomic E-state index is -0.142. The summed E-state index contributed by atoms with van der Waals surface area (Å²) in [6.07, 6.45) is 9.26. The van der Waals surface area contributed by atoms with Gasteiger partial charge in [-0.05, 0) is 80.6 Å². The second-order valence-corrected chi connectivity index (χ2v) is 11.2. The van der Waals surface area contributed by atoms with Gasteiger partial charge in [0.2, 0.25) is 0 Å². The Hall–Kier alpha value is -3.80. The topological polar surface area (TPSA) is 86.8 Å². The average Bonchev–Trinajstić information content (AvgIpc) is 3.59. The van der Waals surface area contributed by atoms with Gasteiger partial charge in [-0.2, -0.15) is 10.4 Å². The maximum atomic E-state index is 13.1. The van der Waals surface area contributed by atoms with Gasteiger partial charge in [0.1, 0.15) is 0 Å². The fourth-order valence-corrected chi connectivity index (χ4v) is 6.35. The molecule has 0 saturated heterocycles. The van der Waals surface area contributed by atoms with Crippen molar-refractivity contribution in [2.75, 3.05) is 18.4 Å². The van der Waals surface area contributed by atoms with Crippen LogP contribution in [0, 0.1) is 11.3 Å². The molecule has 0 radical (unpaired) electrons. The molecule has 0 fully saturated rings. The third kappa shape index (κ3) is 6.44. The van der Waals surface area contributed by atoms with Crippen LogP contribution in [-0.4, -0.2) is 44.7 Å². The number of anilines is 1. The molecule has 0 spiro atoms. The smallest absolute Gasteiger partial charge is 0.257 e. The third-order valence-electron chi connectivity index (χ3n) is 7.19. The summed E-state index contributed by atoms with van der Waals surface area (Å²) < 4.78 is 1.86. The van der Waals surface area contributed by atoms with Crippen LogP contribution in [0.1, 0.15) is 65.2 Å². The Kier molecular flexibility index (Phi) is 8.50. The van der Waals surface area contributed by atoms with Crippen LogP contribution in [0.3, 0.4) is 0 Å². The molecule has 5 rings (SSSR count). The van der Waals surface area contributed by atoms with Crippen LogP contribution >= 0.6 is 11.3 Å². The Morgan fingerprint density at radius 1 is 1.15 bits per heavy atom. The molecule has 4 aromatic rings. The highest BCUT2D eigenvalue weighted by Crippen LogP contribution is 2.32. The number of thiazole rings is 1. The van der Waals surface area contributed by atoms with E-state index in [0.29, 0.717) is 28.8 Å². The Balaban J connectivity index is 1.22. The fraction of sp³-hybridized carbons (Fsp3) is 0.355. The highest BCUT2D eigenvalue weighted by atomic mass is 32.1. The average molecular weight is 539 g/mol. The minimum Gasteiger partial charge on any atom is -0.300 e. The zero-order valence-corrected chi connectivity index (χ0v) is 23.4. The van der Waals surface area contributed by atoms with Crippen molar-refractivity contribution in [3.8, 4) is 17.2 Å². The molecule has 7 nitrogen and oxygen atoms in total. The lowest BCUT2D eigenvalue weighted by atomic mass is 9.96. The predicted molar refractivity (Wildman–Crippen MR) is 156 cm³/mol. The van der Waals surface area contributed by atoms with E-state index in [2.05, 4.69) is 35.2 Å². The Bertz CT molecular complexity index is 1460.